The van der Waals surface area contributed by atoms with Crippen molar-refractivity contribution in [1.29, 1.82) is 0 Å². The number of carboxylic acids is 1. The van der Waals surface area contributed by atoms with Gasteiger partial charge in [0.2, 0.25) is 6.79 Å². The molecule has 0 aliphatic carbocycles. The second-order valence-electron chi connectivity index (χ2n) is 5.75. The van der Waals surface area contributed by atoms with Gasteiger partial charge in [0.1, 0.15) is 0 Å². The summed E-state index contributed by atoms with van der Waals surface area (Å²) in [6.07, 6.45) is 1.71. The van der Waals surface area contributed by atoms with Gasteiger partial charge in [0.05, 0.1) is 21.8 Å². The summed E-state index contributed by atoms with van der Waals surface area (Å²) in [7, 11) is 0. The normalized spacial score (nSPS) is 13.2. The fraction of sp³-hybridized carbons (Fsp3) is 0.0526. The van der Waals surface area contributed by atoms with E-state index in [2.05, 4.69) is 11.7 Å². The molecule has 1 aromatic heterocycles. The Morgan fingerprint density at radius 3 is 2.62 bits per heavy atom. The number of carboxylic acid groups (broad SMARTS) is 1. The number of aromatic nitrogens is 2. The first-order chi connectivity index (χ1) is 12.5. The minimum Gasteiger partial charge on any atom is -0.478 e. The molecule has 0 saturated heterocycles. The number of hydrogen-bond acceptors (Lipinski definition) is 4. The van der Waals surface area contributed by atoms with E-state index in [1.807, 2.05) is 6.07 Å². The Morgan fingerprint density at radius 1 is 1.15 bits per heavy atom. The van der Waals surface area contributed by atoms with E-state index >= 15 is 0 Å². The van der Waals surface area contributed by atoms with Crippen LogP contribution in [-0.4, -0.2) is 27.6 Å². The molecule has 2 aromatic carbocycles. The maximum atomic E-state index is 12.7. The van der Waals surface area contributed by atoms with E-state index in [9.17, 15) is 9.59 Å². The molecule has 1 aliphatic rings. The van der Waals surface area contributed by atoms with Crippen LogP contribution >= 0.6 is 0 Å². The number of aromatic carboxylic acids is 1. The zero-order valence-electron chi connectivity index (χ0n) is 13.6. The molecule has 4 rings (SSSR count). The molecule has 0 amide bonds. The first-order valence-corrected chi connectivity index (χ1v) is 7.78. The molecule has 0 unspecified atom stereocenters. The number of hydrogen-bond donors (Lipinski definition) is 2. The van der Waals surface area contributed by atoms with Gasteiger partial charge in [0, 0.05) is 0 Å². The standard InChI is InChI=1S/C19H14N2O5/c1-11-15(8-12-2-7-16-17(9-12)26-10-25-16)18(22)21(20-11)14-5-3-13(4-6-14)19(23)24/h2-9,20H,1,10H2,(H,23,24)/b15-8+. The highest BCUT2D eigenvalue weighted by atomic mass is 16.7. The summed E-state index contributed by atoms with van der Waals surface area (Å²) in [6.45, 7) is 4.07. The molecular weight excluding hydrogens is 336 g/mol. The molecule has 130 valence electrons. The predicted octanol–water partition coefficient (Wildman–Crippen LogP) is 0.832. The first kappa shape index (κ1) is 15.8. The predicted molar refractivity (Wildman–Crippen MR) is 94.3 cm³/mol. The third-order valence-electron chi connectivity index (χ3n) is 4.09. The summed E-state index contributed by atoms with van der Waals surface area (Å²) >= 11 is 0. The van der Waals surface area contributed by atoms with Crippen molar-refractivity contribution in [2.45, 2.75) is 0 Å². The van der Waals surface area contributed by atoms with Crippen molar-refractivity contribution < 1.29 is 19.4 Å². The number of ether oxygens (including phenoxy) is 2. The Kier molecular flexibility index (Phi) is 3.62. The lowest BCUT2D eigenvalue weighted by molar-refractivity contribution is 0.0697. The van der Waals surface area contributed by atoms with Crippen LogP contribution in [0.15, 0.2) is 47.3 Å². The Morgan fingerprint density at radius 2 is 1.88 bits per heavy atom. The van der Waals surface area contributed by atoms with Gasteiger partial charge in [0.15, 0.2) is 11.5 Å². The molecule has 0 radical (unpaired) electrons. The monoisotopic (exact) mass is 350 g/mol. The molecule has 0 bridgehead atoms. The van der Waals surface area contributed by atoms with Crippen molar-refractivity contribution in [2.75, 3.05) is 6.79 Å². The summed E-state index contributed by atoms with van der Waals surface area (Å²) in [5.41, 5.74) is 1.17. The van der Waals surface area contributed by atoms with Crippen LogP contribution in [0.1, 0.15) is 15.9 Å². The van der Waals surface area contributed by atoms with Gasteiger partial charge < -0.3 is 14.6 Å². The number of H-pyrrole nitrogens is 1. The van der Waals surface area contributed by atoms with Crippen molar-refractivity contribution >= 4 is 18.6 Å². The van der Waals surface area contributed by atoms with E-state index in [4.69, 9.17) is 14.6 Å². The van der Waals surface area contributed by atoms with Crippen molar-refractivity contribution in [3.8, 4) is 17.2 Å². The van der Waals surface area contributed by atoms with Crippen molar-refractivity contribution in [2.24, 2.45) is 0 Å². The van der Waals surface area contributed by atoms with E-state index in [1.165, 1.54) is 16.8 Å². The lowest BCUT2D eigenvalue weighted by Crippen LogP contribution is -2.33. The Bertz CT molecular complexity index is 1170. The zero-order valence-corrected chi connectivity index (χ0v) is 13.6. The Balaban J connectivity index is 1.78. The molecular formula is C19H14N2O5. The van der Waals surface area contributed by atoms with Crippen LogP contribution < -0.4 is 25.6 Å². The smallest absolute Gasteiger partial charge is 0.335 e. The number of benzene rings is 2. The molecule has 1 aliphatic heterocycles. The van der Waals surface area contributed by atoms with E-state index < -0.39 is 5.97 Å². The van der Waals surface area contributed by atoms with Crippen molar-refractivity contribution in [3.05, 3.63) is 74.5 Å². The highest BCUT2D eigenvalue weighted by Gasteiger charge is 2.13. The average molecular weight is 350 g/mol. The number of aromatic amines is 1. The number of fused-ring (bicyclic) bond motifs is 1. The molecule has 0 spiro atoms. The number of nitrogens with zero attached hydrogens (tertiary/aromatic N) is 1. The third kappa shape index (κ3) is 2.65. The van der Waals surface area contributed by atoms with Crippen LogP contribution in [0.5, 0.6) is 11.5 Å². The van der Waals surface area contributed by atoms with Gasteiger partial charge >= 0.3 is 5.97 Å². The van der Waals surface area contributed by atoms with E-state index in [1.54, 1.807) is 30.3 Å². The molecule has 7 heteroatoms. The SMILES string of the molecule is C=c1[nH]n(-c2ccc(C(=O)O)cc2)c(=O)/c1=C/c1ccc2c(c1)OCO2. The third-order valence-corrected chi connectivity index (χ3v) is 4.09. The van der Waals surface area contributed by atoms with Crippen LogP contribution in [0, 0.1) is 0 Å². The molecule has 2 N–H and O–H groups in total. The maximum absolute atomic E-state index is 12.7. The van der Waals surface area contributed by atoms with Crippen molar-refractivity contribution in [3.63, 3.8) is 0 Å². The topological polar surface area (TPSA) is 93.6 Å². The second kappa shape index (κ2) is 5.96. The molecule has 2 heterocycles. The quantitative estimate of drug-likeness (QED) is 0.730. The van der Waals surface area contributed by atoms with Crippen LogP contribution in [0.25, 0.3) is 18.3 Å². The van der Waals surface area contributed by atoms with Crippen LogP contribution in [0.3, 0.4) is 0 Å². The van der Waals surface area contributed by atoms with Gasteiger partial charge in [0.25, 0.3) is 5.56 Å². The summed E-state index contributed by atoms with van der Waals surface area (Å²) in [4.78, 5) is 23.7. The number of carbonyl (C=O) groups is 1. The van der Waals surface area contributed by atoms with Crippen LogP contribution in [0.2, 0.25) is 0 Å². The van der Waals surface area contributed by atoms with Crippen LogP contribution in [-0.2, 0) is 0 Å². The highest BCUT2D eigenvalue weighted by Crippen LogP contribution is 2.32. The summed E-state index contributed by atoms with van der Waals surface area (Å²) in [5.74, 6) is 0.275. The number of rotatable bonds is 3. The van der Waals surface area contributed by atoms with E-state index in [0.29, 0.717) is 27.8 Å². The molecule has 0 saturated carbocycles. The lowest BCUT2D eigenvalue weighted by atomic mass is 10.1. The van der Waals surface area contributed by atoms with Gasteiger partial charge in [-0.15, -0.1) is 0 Å². The molecule has 0 atom stereocenters. The van der Waals surface area contributed by atoms with Gasteiger partial charge in [-0.3, -0.25) is 9.89 Å². The fourth-order valence-corrected chi connectivity index (χ4v) is 2.75. The summed E-state index contributed by atoms with van der Waals surface area (Å²) in [5, 5.41) is 12.7. The van der Waals surface area contributed by atoms with Gasteiger partial charge in [-0.2, -0.15) is 0 Å². The molecule has 0 fully saturated rings. The van der Waals surface area contributed by atoms with Gasteiger partial charge in [-0.05, 0) is 48.0 Å². The minimum atomic E-state index is -1.02. The molecule has 26 heavy (non-hydrogen) atoms. The largest absolute Gasteiger partial charge is 0.478 e. The molecule has 3 aromatic rings. The van der Waals surface area contributed by atoms with Gasteiger partial charge in [-0.25, -0.2) is 9.48 Å². The highest BCUT2D eigenvalue weighted by molar-refractivity contribution is 5.87. The van der Waals surface area contributed by atoms with E-state index in [-0.39, 0.29) is 17.9 Å². The van der Waals surface area contributed by atoms with Gasteiger partial charge in [-0.1, -0.05) is 12.6 Å². The lowest BCUT2D eigenvalue weighted by Gasteiger charge is -2.01. The second-order valence-corrected chi connectivity index (χ2v) is 5.75. The fourth-order valence-electron chi connectivity index (χ4n) is 2.75. The van der Waals surface area contributed by atoms with Crippen molar-refractivity contribution in [1.82, 2.24) is 9.78 Å². The summed E-state index contributed by atoms with van der Waals surface area (Å²) < 4.78 is 11.9. The Labute approximate surface area is 147 Å². The number of nitrogens with one attached hydrogen (secondary N) is 1. The average Bonchev–Trinajstić information content (AvgIpc) is 3.21. The van der Waals surface area contributed by atoms with Crippen LogP contribution in [0.4, 0.5) is 0 Å². The summed E-state index contributed by atoms with van der Waals surface area (Å²) in [6, 6.07) is 11.4. The Hall–Kier alpha value is -3.74. The first-order valence-electron chi connectivity index (χ1n) is 7.78. The molecule has 7 nitrogen and oxygen atoms in total. The minimum absolute atomic E-state index is 0.148. The maximum Gasteiger partial charge on any atom is 0.335 e. The van der Waals surface area contributed by atoms with E-state index in [0.717, 1.165) is 5.56 Å². The zero-order chi connectivity index (χ0) is 18.3.